The van der Waals surface area contributed by atoms with E-state index in [0.717, 1.165) is 6.42 Å². The zero-order valence-corrected chi connectivity index (χ0v) is 8.30. The summed E-state index contributed by atoms with van der Waals surface area (Å²) in [6.07, 6.45) is 2.99. The zero-order chi connectivity index (χ0) is 10.6. The molecule has 0 aliphatic carbocycles. The summed E-state index contributed by atoms with van der Waals surface area (Å²) in [7, 11) is 0. The summed E-state index contributed by atoms with van der Waals surface area (Å²) in [4.78, 5) is 14.8. The predicted molar refractivity (Wildman–Crippen MR) is 49.9 cm³/mol. The Kier molecular flexibility index (Phi) is 3.64. The van der Waals surface area contributed by atoms with Gasteiger partial charge in [0.1, 0.15) is 5.82 Å². The van der Waals surface area contributed by atoms with E-state index in [1.807, 2.05) is 6.92 Å². The molecule has 14 heavy (non-hydrogen) atoms. The molecule has 1 rings (SSSR count). The number of carbonyl (C=O) groups is 1. The standard InChI is InChI=1S/C9H14N2O3/c1-3-6-14-8(9(12)13)11-5-4-10-7(11)2/h4-5,8H,3,6H2,1-2H3,(H,12,13). The highest BCUT2D eigenvalue weighted by atomic mass is 16.5. The average molecular weight is 198 g/mol. The Morgan fingerprint density at radius 2 is 2.50 bits per heavy atom. The zero-order valence-electron chi connectivity index (χ0n) is 8.30. The average Bonchev–Trinajstić information content (AvgIpc) is 2.52. The third-order valence-electron chi connectivity index (χ3n) is 1.81. The number of aryl methyl sites for hydroxylation is 1. The SMILES string of the molecule is CCCOC(C(=O)O)n1ccnc1C. The van der Waals surface area contributed by atoms with Crippen molar-refractivity contribution in [1.82, 2.24) is 9.55 Å². The van der Waals surface area contributed by atoms with Gasteiger partial charge in [-0.25, -0.2) is 9.78 Å². The smallest absolute Gasteiger partial charge is 0.354 e. The van der Waals surface area contributed by atoms with E-state index < -0.39 is 12.2 Å². The molecule has 0 spiro atoms. The second-order valence-corrected chi connectivity index (χ2v) is 2.94. The van der Waals surface area contributed by atoms with Crippen molar-refractivity contribution in [2.24, 2.45) is 0 Å². The second kappa shape index (κ2) is 4.76. The second-order valence-electron chi connectivity index (χ2n) is 2.94. The molecule has 1 aromatic heterocycles. The van der Waals surface area contributed by atoms with Crippen molar-refractivity contribution < 1.29 is 14.6 Å². The third kappa shape index (κ3) is 2.32. The molecular weight excluding hydrogens is 184 g/mol. The molecular formula is C9H14N2O3. The lowest BCUT2D eigenvalue weighted by Gasteiger charge is -2.15. The van der Waals surface area contributed by atoms with Gasteiger partial charge in [-0.1, -0.05) is 6.92 Å². The molecule has 1 N–H and O–H groups in total. The van der Waals surface area contributed by atoms with E-state index in [-0.39, 0.29) is 0 Å². The van der Waals surface area contributed by atoms with Crippen LogP contribution in [0.5, 0.6) is 0 Å². The van der Waals surface area contributed by atoms with Gasteiger partial charge in [-0.2, -0.15) is 0 Å². The summed E-state index contributed by atoms with van der Waals surface area (Å²) in [6.45, 7) is 4.10. The molecule has 5 nitrogen and oxygen atoms in total. The van der Waals surface area contributed by atoms with Gasteiger partial charge >= 0.3 is 5.97 Å². The number of hydrogen-bond acceptors (Lipinski definition) is 3. The normalized spacial score (nSPS) is 12.7. The van der Waals surface area contributed by atoms with Gasteiger partial charge in [0.25, 0.3) is 0 Å². The van der Waals surface area contributed by atoms with Gasteiger partial charge in [-0.15, -0.1) is 0 Å². The maximum absolute atomic E-state index is 10.9. The van der Waals surface area contributed by atoms with Crippen molar-refractivity contribution in [2.75, 3.05) is 6.61 Å². The first kappa shape index (κ1) is 10.7. The summed E-state index contributed by atoms with van der Waals surface area (Å²) >= 11 is 0. The highest BCUT2D eigenvalue weighted by molar-refractivity contribution is 5.70. The van der Waals surface area contributed by atoms with Crippen LogP contribution < -0.4 is 0 Å². The number of aliphatic carboxylic acids is 1. The Morgan fingerprint density at radius 3 is 2.93 bits per heavy atom. The van der Waals surface area contributed by atoms with Gasteiger partial charge in [0.2, 0.25) is 6.23 Å². The Hall–Kier alpha value is -1.36. The van der Waals surface area contributed by atoms with Crippen LogP contribution in [0.25, 0.3) is 0 Å². The number of aromatic nitrogens is 2. The lowest BCUT2D eigenvalue weighted by atomic mass is 10.5. The van der Waals surface area contributed by atoms with Gasteiger partial charge in [-0.3, -0.25) is 4.57 Å². The number of nitrogens with zero attached hydrogens (tertiary/aromatic N) is 2. The first-order valence-electron chi connectivity index (χ1n) is 4.50. The van der Waals surface area contributed by atoms with Crippen molar-refractivity contribution in [3.05, 3.63) is 18.2 Å². The molecule has 0 radical (unpaired) electrons. The van der Waals surface area contributed by atoms with E-state index in [2.05, 4.69) is 4.98 Å². The Labute approximate surface area is 82.3 Å². The van der Waals surface area contributed by atoms with E-state index in [9.17, 15) is 4.79 Å². The third-order valence-corrected chi connectivity index (χ3v) is 1.81. The monoisotopic (exact) mass is 198 g/mol. The van der Waals surface area contributed by atoms with Crippen LogP contribution in [0.15, 0.2) is 12.4 Å². The number of rotatable bonds is 5. The van der Waals surface area contributed by atoms with E-state index in [0.29, 0.717) is 12.4 Å². The van der Waals surface area contributed by atoms with Crippen LogP contribution in [0.1, 0.15) is 25.4 Å². The van der Waals surface area contributed by atoms with E-state index >= 15 is 0 Å². The summed E-state index contributed by atoms with van der Waals surface area (Å²) in [6, 6.07) is 0. The molecule has 0 aliphatic rings. The molecule has 0 bridgehead atoms. The van der Waals surface area contributed by atoms with Gasteiger partial charge in [0.05, 0.1) is 0 Å². The quantitative estimate of drug-likeness (QED) is 0.772. The molecule has 0 aromatic carbocycles. The van der Waals surface area contributed by atoms with Crippen LogP contribution in [0.3, 0.4) is 0 Å². The first-order chi connectivity index (χ1) is 6.66. The topological polar surface area (TPSA) is 64.3 Å². The molecule has 1 unspecified atom stereocenters. The molecule has 0 fully saturated rings. The fourth-order valence-corrected chi connectivity index (χ4v) is 1.14. The van der Waals surface area contributed by atoms with Gasteiger partial charge in [-0.05, 0) is 13.3 Å². The molecule has 0 amide bonds. The maximum Gasteiger partial charge on any atom is 0.354 e. The molecule has 0 saturated carbocycles. The Bertz CT molecular complexity index is 309. The van der Waals surface area contributed by atoms with E-state index in [1.165, 1.54) is 4.57 Å². The van der Waals surface area contributed by atoms with Crippen molar-refractivity contribution in [1.29, 1.82) is 0 Å². The number of hydrogen-bond donors (Lipinski definition) is 1. The van der Waals surface area contributed by atoms with Crippen LogP contribution in [-0.2, 0) is 9.53 Å². The fraction of sp³-hybridized carbons (Fsp3) is 0.556. The van der Waals surface area contributed by atoms with E-state index in [4.69, 9.17) is 9.84 Å². The number of carboxylic acid groups (broad SMARTS) is 1. The van der Waals surface area contributed by atoms with Gasteiger partial charge in [0, 0.05) is 19.0 Å². The first-order valence-corrected chi connectivity index (χ1v) is 4.50. The van der Waals surface area contributed by atoms with Crippen molar-refractivity contribution >= 4 is 5.97 Å². The highest BCUT2D eigenvalue weighted by Gasteiger charge is 2.20. The van der Waals surface area contributed by atoms with Gasteiger partial charge < -0.3 is 9.84 Å². The van der Waals surface area contributed by atoms with Crippen LogP contribution in [0.4, 0.5) is 0 Å². The Morgan fingerprint density at radius 1 is 1.79 bits per heavy atom. The number of ether oxygens (including phenoxy) is 1. The molecule has 1 aromatic rings. The summed E-state index contributed by atoms with van der Waals surface area (Å²) in [5, 5.41) is 8.92. The molecule has 5 heteroatoms. The molecule has 78 valence electrons. The lowest BCUT2D eigenvalue weighted by molar-refractivity contribution is -0.157. The molecule has 1 heterocycles. The minimum absolute atomic E-state index is 0.425. The summed E-state index contributed by atoms with van der Waals surface area (Å²) < 4.78 is 6.70. The summed E-state index contributed by atoms with van der Waals surface area (Å²) in [5.41, 5.74) is 0. The van der Waals surface area contributed by atoms with E-state index in [1.54, 1.807) is 19.3 Å². The van der Waals surface area contributed by atoms with Crippen LogP contribution >= 0.6 is 0 Å². The van der Waals surface area contributed by atoms with Crippen molar-refractivity contribution in [3.8, 4) is 0 Å². The number of imidazole rings is 1. The minimum atomic E-state index is -1.00. The summed E-state index contributed by atoms with van der Waals surface area (Å²) in [5.74, 6) is -0.368. The van der Waals surface area contributed by atoms with Gasteiger partial charge in [0.15, 0.2) is 0 Å². The number of carboxylic acids is 1. The lowest BCUT2D eigenvalue weighted by Crippen LogP contribution is -2.23. The van der Waals surface area contributed by atoms with Crippen LogP contribution in [0, 0.1) is 6.92 Å². The highest BCUT2D eigenvalue weighted by Crippen LogP contribution is 2.11. The predicted octanol–water partition coefficient (Wildman–Crippen LogP) is 1.20. The molecule has 0 aliphatic heterocycles. The Balaban J connectivity index is 2.78. The minimum Gasteiger partial charge on any atom is -0.478 e. The molecule has 0 saturated heterocycles. The maximum atomic E-state index is 10.9. The fourth-order valence-electron chi connectivity index (χ4n) is 1.14. The van der Waals surface area contributed by atoms with Crippen LogP contribution in [-0.4, -0.2) is 27.2 Å². The largest absolute Gasteiger partial charge is 0.478 e. The van der Waals surface area contributed by atoms with Crippen LogP contribution in [0.2, 0.25) is 0 Å². The van der Waals surface area contributed by atoms with Crippen molar-refractivity contribution in [3.63, 3.8) is 0 Å². The molecule has 1 atom stereocenters. The van der Waals surface area contributed by atoms with Crippen molar-refractivity contribution in [2.45, 2.75) is 26.5 Å².